The molecule has 30 heavy (non-hydrogen) atoms. The molecule has 0 bridgehead atoms. The average Bonchev–Trinajstić information content (AvgIpc) is 3.47. The van der Waals surface area contributed by atoms with Crippen LogP contribution in [-0.4, -0.2) is 39.5 Å². The number of hydrogen-bond acceptors (Lipinski definition) is 5. The van der Waals surface area contributed by atoms with Crippen LogP contribution in [0.2, 0.25) is 0 Å². The van der Waals surface area contributed by atoms with E-state index in [1.54, 1.807) is 0 Å². The first-order valence-corrected chi connectivity index (χ1v) is 9.17. The van der Waals surface area contributed by atoms with Crippen LogP contribution < -0.4 is 22.3 Å². The molecule has 3 rings (SSSR count). The van der Waals surface area contributed by atoms with Gasteiger partial charge in [-0.3, -0.25) is 19.1 Å². The minimum atomic E-state index is -3.26. The molecule has 0 aromatic carbocycles. The number of nitrogens with two attached hydrogens (primary N) is 1. The first-order chi connectivity index (χ1) is 13.1. The topological polar surface area (TPSA) is 123 Å². The molecule has 0 unspecified atom stereocenters. The number of nitrogens with one attached hydrogen (secondary N) is 2. The molecular formula is C18H25Cl2F2N5O3. The Bertz CT molecular complexity index is 1030. The largest absolute Gasteiger partial charge is 0.346 e. The van der Waals surface area contributed by atoms with Gasteiger partial charge in [0.15, 0.2) is 5.65 Å². The van der Waals surface area contributed by atoms with Crippen LogP contribution in [0.5, 0.6) is 0 Å². The third-order valence-electron chi connectivity index (χ3n) is 4.56. The zero-order valence-electron chi connectivity index (χ0n) is 16.5. The van der Waals surface area contributed by atoms with Crippen molar-refractivity contribution in [3.63, 3.8) is 0 Å². The van der Waals surface area contributed by atoms with Gasteiger partial charge >= 0.3 is 5.69 Å². The maximum atomic E-state index is 13.4. The number of hydrogen-bond donors (Lipinski definition) is 3. The lowest BCUT2D eigenvalue weighted by molar-refractivity contribution is 0.0119. The Morgan fingerprint density at radius 2 is 2.00 bits per heavy atom. The summed E-state index contributed by atoms with van der Waals surface area (Å²) >= 11 is 0. The number of alkyl halides is 2. The van der Waals surface area contributed by atoms with Crippen molar-refractivity contribution in [3.05, 3.63) is 38.2 Å². The van der Waals surface area contributed by atoms with Gasteiger partial charge in [-0.25, -0.2) is 18.6 Å². The number of aromatic nitrogens is 3. The summed E-state index contributed by atoms with van der Waals surface area (Å²) in [5.41, 5.74) is 4.21. The number of fused-ring (bicyclic) bond motifs is 1. The highest BCUT2D eigenvalue weighted by atomic mass is 35.5. The Hall–Kier alpha value is -2.04. The van der Waals surface area contributed by atoms with Crippen molar-refractivity contribution in [1.82, 2.24) is 19.9 Å². The molecule has 0 aliphatic heterocycles. The van der Waals surface area contributed by atoms with Crippen molar-refractivity contribution in [2.45, 2.75) is 45.1 Å². The average molecular weight is 468 g/mol. The summed E-state index contributed by atoms with van der Waals surface area (Å²) in [7, 11) is 0. The van der Waals surface area contributed by atoms with E-state index in [2.05, 4.69) is 15.3 Å². The summed E-state index contributed by atoms with van der Waals surface area (Å²) < 4.78 is 28.2. The van der Waals surface area contributed by atoms with Crippen molar-refractivity contribution in [1.29, 1.82) is 0 Å². The smallest absolute Gasteiger partial charge is 0.330 e. The van der Waals surface area contributed by atoms with Gasteiger partial charge in [-0.1, -0.05) is 13.8 Å². The molecule has 8 nitrogen and oxygen atoms in total. The molecule has 1 amide bonds. The SMILES string of the molecule is CC(C)Cn1c(=O)[nH]c(=O)c2c(C(=O)NCC(F)(F)CN)cc(C3CC3)nc21.Cl.Cl. The highest BCUT2D eigenvalue weighted by Gasteiger charge is 2.31. The molecule has 2 aromatic heterocycles. The highest BCUT2D eigenvalue weighted by molar-refractivity contribution is 6.05. The molecule has 2 aromatic rings. The zero-order chi connectivity index (χ0) is 20.6. The van der Waals surface area contributed by atoms with Crippen LogP contribution in [-0.2, 0) is 6.54 Å². The first kappa shape index (κ1) is 26.0. The number of amides is 1. The van der Waals surface area contributed by atoms with Crippen molar-refractivity contribution in [2.24, 2.45) is 11.7 Å². The van der Waals surface area contributed by atoms with E-state index in [1.807, 2.05) is 13.8 Å². The monoisotopic (exact) mass is 467 g/mol. The zero-order valence-corrected chi connectivity index (χ0v) is 18.2. The van der Waals surface area contributed by atoms with Gasteiger partial charge in [0, 0.05) is 18.2 Å². The number of aromatic amines is 1. The lowest BCUT2D eigenvalue weighted by Gasteiger charge is -2.17. The normalized spacial score (nSPS) is 13.7. The molecule has 1 aliphatic carbocycles. The van der Waals surface area contributed by atoms with Crippen LogP contribution in [0, 0.1) is 5.92 Å². The van der Waals surface area contributed by atoms with E-state index in [4.69, 9.17) is 5.73 Å². The van der Waals surface area contributed by atoms with Gasteiger partial charge in [0.1, 0.15) is 0 Å². The molecule has 2 heterocycles. The van der Waals surface area contributed by atoms with Crippen LogP contribution in [0.15, 0.2) is 15.7 Å². The Kier molecular flexibility index (Phi) is 8.53. The second kappa shape index (κ2) is 9.84. The van der Waals surface area contributed by atoms with Crippen molar-refractivity contribution in [2.75, 3.05) is 13.1 Å². The van der Waals surface area contributed by atoms with Gasteiger partial charge < -0.3 is 11.1 Å². The lowest BCUT2D eigenvalue weighted by Crippen LogP contribution is -2.42. The van der Waals surface area contributed by atoms with E-state index in [9.17, 15) is 23.2 Å². The number of carbonyl (C=O) groups is 1. The van der Waals surface area contributed by atoms with E-state index >= 15 is 0 Å². The van der Waals surface area contributed by atoms with Crippen LogP contribution in [0.1, 0.15) is 48.7 Å². The van der Waals surface area contributed by atoms with Crippen molar-refractivity contribution < 1.29 is 13.6 Å². The molecule has 1 aliphatic rings. The number of pyridine rings is 1. The molecule has 0 radical (unpaired) electrons. The maximum absolute atomic E-state index is 13.4. The quantitative estimate of drug-likeness (QED) is 0.572. The van der Waals surface area contributed by atoms with Gasteiger partial charge in [0.25, 0.3) is 17.4 Å². The lowest BCUT2D eigenvalue weighted by atomic mass is 10.1. The van der Waals surface area contributed by atoms with E-state index in [-0.39, 0.29) is 53.2 Å². The second-order valence-corrected chi connectivity index (χ2v) is 7.57. The predicted molar refractivity (Wildman–Crippen MR) is 114 cm³/mol. The molecule has 168 valence electrons. The standard InChI is InChI=1S/C18H23F2N5O3.2ClH/c1-9(2)6-25-14-13(16(27)24-17(25)28)11(5-12(23-14)10-3-4-10)15(26)22-8-18(19,20)7-21;;/h5,9-10H,3-4,6-8,21H2,1-2H3,(H,22,26)(H,24,27,28);2*1H. The summed E-state index contributed by atoms with van der Waals surface area (Å²) in [6.07, 6.45) is 1.75. The summed E-state index contributed by atoms with van der Waals surface area (Å²) in [5, 5.41) is 2.05. The van der Waals surface area contributed by atoms with Gasteiger partial charge in [-0.15, -0.1) is 24.8 Å². The maximum Gasteiger partial charge on any atom is 0.330 e. The Labute approximate surface area is 183 Å². The molecular weight excluding hydrogens is 443 g/mol. The molecule has 1 fully saturated rings. The Morgan fingerprint density at radius 1 is 1.37 bits per heavy atom. The number of nitrogens with zero attached hydrogens (tertiary/aromatic N) is 2. The molecule has 1 saturated carbocycles. The Balaban J connectivity index is 0.00000225. The van der Waals surface area contributed by atoms with Crippen LogP contribution in [0.25, 0.3) is 11.0 Å². The summed E-state index contributed by atoms with van der Waals surface area (Å²) in [6, 6.07) is 1.45. The van der Waals surface area contributed by atoms with Crippen LogP contribution >= 0.6 is 24.8 Å². The number of carbonyl (C=O) groups excluding carboxylic acids is 1. The highest BCUT2D eigenvalue weighted by Crippen LogP contribution is 2.39. The molecule has 0 atom stereocenters. The van der Waals surface area contributed by atoms with Crippen LogP contribution in [0.3, 0.4) is 0 Å². The first-order valence-electron chi connectivity index (χ1n) is 9.17. The third-order valence-corrected chi connectivity index (χ3v) is 4.56. The Morgan fingerprint density at radius 3 is 2.53 bits per heavy atom. The molecule has 0 saturated heterocycles. The number of H-pyrrole nitrogens is 1. The minimum Gasteiger partial charge on any atom is -0.346 e. The van der Waals surface area contributed by atoms with E-state index < -0.39 is 36.2 Å². The van der Waals surface area contributed by atoms with E-state index in [0.717, 1.165) is 12.8 Å². The molecule has 0 spiro atoms. The second-order valence-electron chi connectivity index (χ2n) is 7.57. The van der Waals surface area contributed by atoms with Gasteiger partial charge in [-0.2, -0.15) is 0 Å². The van der Waals surface area contributed by atoms with Gasteiger partial charge in [-0.05, 0) is 24.8 Å². The van der Waals surface area contributed by atoms with Crippen LogP contribution in [0.4, 0.5) is 8.78 Å². The number of rotatable bonds is 7. The fourth-order valence-electron chi connectivity index (χ4n) is 2.97. The van der Waals surface area contributed by atoms with Gasteiger partial charge in [0.05, 0.1) is 24.0 Å². The van der Waals surface area contributed by atoms with E-state index in [1.165, 1.54) is 10.6 Å². The van der Waals surface area contributed by atoms with E-state index in [0.29, 0.717) is 12.2 Å². The van der Waals surface area contributed by atoms with Gasteiger partial charge in [0.2, 0.25) is 0 Å². The fraction of sp³-hybridized carbons (Fsp3) is 0.556. The fourth-order valence-corrected chi connectivity index (χ4v) is 2.97. The minimum absolute atomic E-state index is 0. The van der Waals surface area contributed by atoms with Crippen molar-refractivity contribution >= 4 is 41.8 Å². The predicted octanol–water partition coefficient (Wildman–Crippen LogP) is 1.79. The summed E-state index contributed by atoms with van der Waals surface area (Å²) in [6.45, 7) is 2.23. The third kappa shape index (κ3) is 5.55. The summed E-state index contributed by atoms with van der Waals surface area (Å²) in [5.74, 6) is -3.88. The number of halogens is 4. The molecule has 12 heteroatoms. The molecule has 4 N–H and O–H groups in total. The van der Waals surface area contributed by atoms with Crippen molar-refractivity contribution in [3.8, 4) is 0 Å². The summed E-state index contributed by atoms with van der Waals surface area (Å²) in [4.78, 5) is 44.1.